The average molecular weight is 513 g/mol. The largest absolute Gasteiger partial charge is 0.480 e. The molecule has 0 saturated carbocycles. The van der Waals surface area contributed by atoms with Crippen molar-refractivity contribution >= 4 is 17.1 Å². The second kappa shape index (κ2) is 10.4. The number of amides is 1. The molecule has 5 aromatic rings. The molecule has 0 unspecified atom stereocenters. The second-order valence-electron chi connectivity index (χ2n) is 8.64. The maximum atomic E-state index is 13.2. The summed E-state index contributed by atoms with van der Waals surface area (Å²) in [7, 11) is 1.44. The Morgan fingerprint density at radius 2 is 1.63 bits per heavy atom. The third-order valence-electron chi connectivity index (χ3n) is 6.38. The van der Waals surface area contributed by atoms with Gasteiger partial charge in [0.25, 0.3) is 5.91 Å². The number of benzene rings is 2. The van der Waals surface area contributed by atoms with Gasteiger partial charge in [0.15, 0.2) is 17.1 Å². The Bertz CT molecular complexity index is 1520. The van der Waals surface area contributed by atoms with E-state index >= 15 is 0 Å². The van der Waals surface area contributed by atoms with E-state index in [2.05, 4.69) is 20.5 Å². The minimum absolute atomic E-state index is 0.0626. The molecule has 194 valence electrons. The molecule has 2 aromatic carbocycles. The first kappa shape index (κ1) is 25.1. The topological polar surface area (TPSA) is 128 Å². The number of aryl methyl sites for hydroxylation is 2. The first-order valence-corrected chi connectivity index (χ1v) is 12.4. The molecule has 0 spiro atoms. The fourth-order valence-corrected chi connectivity index (χ4v) is 4.48. The zero-order valence-corrected chi connectivity index (χ0v) is 21.4. The lowest BCUT2D eigenvalue weighted by Crippen LogP contribution is -2.32. The van der Waals surface area contributed by atoms with E-state index in [4.69, 9.17) is 14.1 Å². The number of hydrogen-bond donors (Lipinski definition) is 2. The Labute approximate surface area is 219 Å². The van der Waals surface area contributed by atoms with Gasteiger partial charge in [0.05, 0.1) is 19.2 Å². The van der Waals surface area contributed by atoms with E-state index in [0.29, 0.717) is 52.9 Å². The molecule has 10 heteroatoms. The van der Waals surface area contributed by atoms with Gasteiger partial charge in [-0.05, 0) is 24.1 Å². The van der Waals surface area contributed by atoms with Gasteiger partial charge in [0, 0.05) is 13.0 Å². The zero-order chi connectivity index (χ0) is 26.7. The Kier molecular flexibility index (Phi) is 6.89. The lowest BCUT2D eigenvalue weighted by atomic mass is 9.85. The molecule has 0 aliphatic carbocycles. The lowest BCUT2D eigenvalue weighted by molar-refractivity contribution is 0.0943. The van der Waals surface area contributed by atoms with Crippen LogP contribution < -0.4 is 10.1 Å². The molecule has 10 nitrogen and oxygen atoms in total. The maximum absolute atomic E-state index is 13.2. The molecule has 0 aliphatic heterocycles. The number of fused-ring (bicyclic) bond motifs is 1. The number of rotatable bonds is 9. The minimum Gasteiger partial charge on any atom is -0.480 e. The molecule has 0 atom stereocenters. The van der Waals surface area contributed by atoms with Gasteiger partial charge in [-0.1, -0.05) is 67.6 Å². The quantitative estimate of drug-likeness (QED) is 0.307. The van der Waals surface area contributed by atoms with Gasteiger partial charge in [-0.2, -0.15) is 4.98 Å². The molecule has 0 saturated heterocycles. The lowest BCUT2D eigenvalue weighted by Gasteiger charge is -2.29. The summed E-state index contributed by atoms with van der Waals surface area (Å²) in [6.07, 6.45) is 0.608. The number of nitrogens with zero attached hydrogens (tertiary/aromatic N) is 5. The Morgan fingerprint density at radius 3 is 2.18 bits per heavy atom. The molecule has 1 amide bonds. The SMILES string of the molecule is CCc1nnc(CNC(=O)c2cc3c(nc2OC)nc(C(O)(c2ccccc2)c2ccccc2)n3CC)o1. The molecular weight excluding hydrogens is 484 g/mol. The smallest absolute Gasteiger partial charge is 0.257 e. The monoisotopic (exact) mass is 512 g/mol. The minimum atomic E-state index is -1.57. The highest BCUT2D eigenvalue weighted by Crippen LogP contribution is 2.38. The van der Waals surface area contributed by atoms with Gasteiger partial charge < -0.3 is 24.1 Å². The number of aliphatic hydroxyl groups is 1. The van der Waals surface area contributed by atoms with Crippen LogP contribution in [0.3, 0.4) is 0 Å². The maximum Gasteiger partial charge on any atom is 0.257 e. The molecule has 3 heterocycles. The highest BCUT2D eigenvalue weighted by Gasteiger charge is 2.39. The summed E-state index contributed by atoms with van der Waals surface area (Å²) >= 11 is 0. The van der Waals surface area contributed by atoms with E-state index in [1.165, 1.54) is 7.11 Å². The van der Waals surface area contributed by atoms with Crippen LogP contribution >= 0.6 is 0 Å². The third-order valence-corrected chi connectivity index (χ3v) is 6.38. The van der Waals surface area contributed by atoms with E-state index in [1.807, 2.05) is 79.1 Å². The number of hydrogen-bond acceptors (Lipinski definition) is 8. The van der Waals surface area contributed by atoms with Crippen LogP contribution in [-0.2, 0) is 25.1 Å². The van der Waals surface area contributed by atoms with Crippen LogP contribution in [0, 0.1) is 0 Å². The van der Waals surface area contributed by atoms with Crippen molar-refractivity contribution in [3.63, 3.8) is 0 Å². The van der Waals surface area contributed by atoms with E-state index < -0.39 is 11.5 Å². The molecule has 3 aromatic heterocycles. The van der Waals surface area contributed by atoms with Gasteiger partial charge in [-0.3, -0.25) is 4.79 Å². The predicted octanol–water partition coefficient (Wildman–Crippen LogP) is 3.62. The summed E-state index contributed by atoms with van der Waals surface area (Å²) in [6, 6.07) is 20.4. The molecule has 38 heavy (non-hydrogen) atoms. The molecule has 0 fully saturated rings. The molecule has 2 N–H and O–H groups in total. The van der Waals surface area contributed by atoms with E-state index in [9.17, 15) is 9.90 Å². The van der Waals surface area contributed by atoms with Crippen LogP contribution in [0.15, 0.2) is 71.1 Å². The summed E-state index contributed by atoms with van der Waals surface area (Å²) < 4.78 is 12.8. The molecular formula is C28H28N6O4. The second-order valence-corrected chi connectivity index (χ2v) is 8.64. The number of methoxy groups -OCH3 is 1. The predicted molar refractivity (Wildman–Crippen MR) is 140 cm³/mol. The first-order chi connectivity index (χ1) is 18.5. The van der Waals surface area contributed by atoms with Gasteiger partial charge in [0.2, 0.25) is 17.7 Å². The number of imidazole rings is 1. The summed E-state index contributed by atoms with van der Waals surface area (Å²) in [4.78, 5) is 22.5. The summed E-state index contributed by atoms with van der Waals surface area (Å²) in [5, 5.41) is 23.0. The van der Waals surface area contributed by atoms with E-state index in [0.717, 1.165) is 0 Å². The highest BCUT2D eigenvalue weighted by molar-refractivity contribution is 5.99. The van der Waals surface area contributed by atoms with Crippen LogP contribution in [0.2, 0.25) is 0 Å². The standard InChI is InChI=1S/C28H28N6O4/c1-4-22-32-33-23(38-22)17-29-25(35)20-16-21-24(30-26(20)37-3)31-27(34(21)5-2)28(36,18-12-8-6-9-13-18)19-14-10-7-11-15-19/h6-16,36H,4-5,17H2,1-3H3,(H,29,35). The number of ether oxygens (including phenoxy) is 1. The molecule has 0 radical (unpaired) electrons. The highest BCUT2D eigenvalue weighted by atomic mass is 16.5. The van der Waals surface area contributed by atoms with Gasteiger partial charge >= 0.3 is 0 Å². The van der Waals surface area contributed by atoms with Crippen molar-refractivity contribution in [2.24, 2.45) is 0 Å². The van der Waals surface area contributed by atoms with Crippen molar-refractivity contribution in [2.75, 3.05) is 7.11 Å². The van der Waals surface area contributed by atoms with Crippen molar-refractivity contribution in [1.82, 2.24) is 30.0 Å². The Hall–Kier alpha value is -4.57. The normalized spacial score (nSPS) is 11.6. The summed E-state index contributed by atoms with van der Waals surface area (Å²) in [5.41, 5.74) is 0.914. The molecule has 0 aliphatic rings. The number of carbonyl (C=O) groups excluding carboxylic acids is 1. The molecule has 0 bridgehead atoms. The number of nitrogens with one attached hydrogen (secondary N) is 1. The summed E-state index contributed by atoms with van der Waals surface area (Å²) in [5.74, 6) is 0.889. The van der Waals surface area contributed by atoms with Crippen LogP contribution in [0.5, 0.6) is 5.88 Å². The van der Waals surface area contributed by atoms with Crippen LogP contribution in [-0.4, -0.2) is 42.9 Å². The van der Waals surface area contributed by atoms with Crippen molar-refractivity contribution in [3.05, 3.63) is 101 Å². The van der Waals surface area contributed by atoms with Crippen LogP contribution in [0.25, 0.3) is 11.2 Å². The van der Waals surface area contributed by atoms with E-state index in [1.54, 1.807) is 6.07 Å². The van der Waals surface area contributed by atoms with E-state index in [-0.39, 0.29) is 18.0 Å². The van der Waals surface area contributed by atoms with Crippen molar-refractivity contribution in [2.45, 2.75) is 39.0 Å². The van der Waals surface area contributed by atoms with Gasteiger partial charge in [-0.25, -0.2) is 4.98 Å². The first-order valence-electron chi connectivity index (χ1n) is 12.4. The Balaban J connectivity index is 1.61. The van der Waals surface area contributed by atoms with Crippen LogP contribution in [0.4, 0.5) is 0 Å². The number of carbonyl (C=O) groups is 1. The zero-order valence-electron chi connectivity index (χ0n) is 21.4. The summed E-state index contributed by atoms with van der Waals surface area (Å²) in [6.45, 7) is 4.40. The van der Waals surface area contributed by atoms with Crippen LogP contribution in [0.1, 0.15) is 52.9 Å². The van der Waals surface area contributed by atoms with Gasteiger partial charge in [0.1, 0.15) is 5.56 Å². The molecule has 5 rings (SSSR count). The Morgan fingerprint density at radius 1 is 1.00 bits per heavy atom. The third kappa shape index (κ3) is 4.39. The van der Waals surface area contributed by atoms with Gasteiger partial charge in [-0.15, -0.1) is 10.2 Å². The number of aromatic nitrogens is 5. The number of pyridine rings is 1. The average Bonchev–Trinajstić information content (AvgIpc) is 3.59. The fourth-order valence-electron chi connectivity index (χ4n) is 4.48. The van der Waals surface area contributed by atoms with Crippen molar-refractivity contribution in [3.8, 4) is 5.88 Å². The van der Waals surface area contributed by atoms with Crippen molar-refractivity contribution in [1.29, 1.82) is 0 Å². The fraction of sp³-hybridized carbons (Fsp3) is 0.250. The van der Waals surface area contributed by atoms with Crippen molar-refractivity contribution < 1.29 is 19.1 Å².